The van der Waals surface area contributed by atoms with Crippen molar-refractivity contribution in [3.05, 3.63) is 108 Å². The van der Waals surface area contributed by atoms with E-state index in [4.69, 9.17) is 20.9 Å². The van der Waals surface area contributed by atoms with E-state index >= 15 is 8.78 Å². The molecule has 0 atom stereocenters. The van der Waals surface area contributed by atoms with Gasteiger partial charge in [0.15, 0.2) is 0 Å². The van der Waals surface area contributed by atoms with Crippen LogP contribution in [-0.4, -0.2) is 11.4 Å². The van der Waals surface area contributed by atoms with Crippen molar-refractivity contribution in [2.75, 3.05) is 0 Å². The number of rotatable bonds is 9. The molecule has 0 fully saturated rings. The molecule has 0 aromatic heterocycles. The highest BCUT2D eigenvalue weighted by Crippen LogP contribution is 2.64. The van der Waals surface area contributed by atoms with E-state index in [-0.39, 0.29) is 18.8 Å². The Morgan fingerprint density at radius 3 is 1.55 bits per heavy atom. The van der Waals surface area contributed by atoms with E-state index in [0.29, 0.717) is 11.1 Å². The van der Waals surface area contributed by atoms with Gasteiger partial charge in [-0.2, -0.15) is 8.78 Å². The SMILES string of the molecule is O=C(c1ccccc1)C(F)(F)P(=S)(OCc1ccccc1)OCc1ccccc1. The molecule has 3 nitrogen and oxygen atoms in total. The molecule has 29 heavy (non-hydrogen) atoms. The van der Waals surface area contributed by atoms with Crippen LogP contribution in [0.4, 0.5) is 8.78 Å². The van der Waals surface area contributed by atoms with E-state index in [1.165, 1.54) is 24.3 Å². The quantitative estimate of drug-likeness (QED) is 0.298. The fourth-order valence-electron chi connectivity index (χ4n) is 2.55. The minimum absolute atomic E-state index is 0.140. The van der Waals surface area contributed by atoms with Crippen molar-refractivity contribution in [2.24, 2.45) is 0 Å². The number of ketones is 1. The van der Waals surface area contributed by atoms with Crippen molar-refractivity contribution < 1.29 is 22.6 Å². The number of benzene rings is 3. The summed E-state index contributed by atoms with van der Waals surface area (Å²) < 4.78 is 41.6. The van der Waals surface area contributed by atoms with E-state index in [0.717, 1.165) is 0 Å². The highest BCUT2D eigenvalue weighted by molar-refractivity contribution is 8.10. The van der Waals surface area contributed by atoms with Crippen LogP contribution < -0.4 is 0 Å². The number of alkyl halides is 2. The van der Waals surface area contributed by atoms with E-state index < -0.39 is 17.9 Å². The second kappa shape index (κ2) is 9.51. The minimum Gasteiger partial charge on any atom is -0.320 e. The van der Waals surface area contributed by atoms with Crippen LogP contribution in [0.3, 0.4) is 0 Å². The van der Waals surface area contributed by atoms with Crippen molar-refractivity contribution in [2.45, 2.75) is 18.9 Å². The Morgan fingerprint density at radius 1 is 0.759 bits per heavy atom. The summed E-state index contributed by atoms with van der Waals surface area (Å²) in [6, 6.07) is 24.9. The molecule has 0 heterocycles. The number of hydrogen-bond donors (Lipinski definition) is 0. The molecule has 0 N–H and O–H groups in total. The predicted octanol–water partition coefficient (Wildman–Crippen LogP) is 6.21. The number of carbonyl (C=O) groups excluding carboxylic acids is 1. The molecule has 0 aliphatic heterocycles. The highest BCUT2D eigenvalue weighted by Gasteiger charge is 2.55. The van der Waals surface area contributed by atoms with Crippen molar-refractivity contribution in [3.8, 4) is 0 Å². The first-order chi connectivity index (χ1) is 13.9. The summed E-state index contributed by atoms with van der Waals surface area (Å²) in [5.74, 6) is -1.40. The standard InChI is InChI=1S/C22H19F2O3PS/c23-22(24,21(25)20-14-8-3-9-15-20)28(29,26-16-18-10-4-1-5-11-18)27-17-19-12-6-2-7-13-19/h1-15H,16-17H2. The van der Waals surface area contributed by atoms with Gasteiger partial charge in [-0.05, 0) is 22.9 Å². The second-order valence-corrected chi connectivity index (χ2v) is 9.77. The van der Waals surface area contributed by atoms with E-state index in [1.807, 2.05) is 0 Å². The molecule has 3 rings (SSSR count). The monoisotopic (exact) mass is 432 g/mol. The van der Waals surface area contributed by atoms with Crippen molar-refractivity contribution in [1.82, 2.24) is 0 Å². The Labute approximate surface area is 173 Å². The maximum Gasteiger partial charge on any atom is 0.381 e. The second-order valence-electron chi connectivity index (χ2n) is 6.25. The van der Waals surface area contributed by atoms with Gasteiger partial charge in [0.25, 0.3) is 6.49 Å². The Balaban J connectivity index is 1.87. The Morgan fingerprint density at radius 2 is 1.14 bits per heavy atom. The third-order valence-electron chi connectivity index (χ3n) is 4.14. The first kappa shape index (κ1) is 21.5. The average Bonchev–Trinajstić information content (AvgIpc) is 2.77. The molecule has 0 bridgehead atoms. The third kappa shape index (κ3) is 5.22. The molecule has 3 aromatic carbocycles. The summed E-state index contributed by atoms with van der Waals surface area (Å²) in [5, 5.41) is 0. The molecule has 150 valence electrons. The smallest absolute Gasteiger partial charge is 0.320 e. The van der Waals surface area contributed by atoms with Crippen molar-refractivity contribution in [3.63, 3.8) is 0 Å². The van der Waals surface area contributed by atoms with Gasteiger partial charge in [-0.25, -0.2) is 0 Å². The number of hydrogen-bond acceptors (Lipinski definition) is 4. The van der Waals surface area contributed by atoms with Crippen LogP contribution in [0.2, 0.25) is 0 Å². The van der Waals surface area contributed by atoms with Crippen LogP contribution in [0.1, 0.15) is 21.5 Å². The van der Waals surface area contributed by atoms with Gasteiger partial charge in [0, 0.05) is 5.56 Å². The Kier molecular flexibility index (Phi) is 7.04. The fourth-order valence-corrected chi connectivity index (χ4v) is 4.53. The topological polar surface area (TPSA) is 35.5 Å². The zero-order valence-corrected chi connectivity index (χ0v) is 17.1. The molecule has 0 unspecified atom stereocenters. The van der Waals surface area contributed by atoms with Gasteiger partial charge >= 0.3 is 5.66 Å². The maximum absolute atomic E-state index is 15.3. The molecule has 0 saturated heterocycles. The minimum atomic E-state index is -4.32. The molecule has 0 spiro atoms. The van der Waals surface area contributed by atoms with Crippen LogP contribution in [0.5, 0.6) is 0 Å². The molecule has 3 aromatic rings. The number of halogens is 2. The molecule has 7 heteroatoms. The van der Waals surface area contributed by atoms with Crippen LogP contribution in [0.15, 0.2) is 91.0 Å². The maximum atomic E-state index is 15.3. The lowest BCUT2D eigenvalue weighted by Gasteiger charge is -2.29. The molecule has 0 radical (unpaired) electrons. The lowest BCUT2D eigenvalue weighted by molar-refractivity contribution is 0.0386. The van der Waals surface area contributed by atoms with Gasteiger partial charge in [0.2, 0.25) is 5.78 Å². The van der Waals surface area contributed by atoms with Crippen molar-refractivity contribution in [1.29, 1.82) is 0 Å². The fraction of sp³-hybridized carbons (Fsp3) is 0.136. The molecule has 0 aliphatic rings. The summed E-state index contributed by atoms with van der Waals surface area (Å²) in [4.78, 5) is 12.6. The van der Waals surface area contributed by atoms with Gasteiger partial charge in [0.1, 0.15) is 0 Å². The zero-order valence-electron chi connectivity index (χ0n) is 15.4. The van der Waals surface area contributed by atoms with Crippen LogP contribution in [0.25, 0.3) is 0 Å². The number of carbonyl (C=O) groups is 1. The lowest BCUT2D eigenvalue weighted by Crippen LogP contribution is -2.30. The van der Waals surface area contributed by atoms with Gasteiger partial charge < -0.3 is 9.05 Å². The number of Topliss-reactive ketones (excluding diaryl/α,β-unsaturated/α-hetero) is 1. The predicted molar refractivity (Wildman–Crippen MR) is 112 cm³/mol. The Hall–Kier alpha value is -2.24. The van der Waals surface area contributed by atoms with E-state index in [9.17, 15) is 4.79 Å². The van der Waals surface area contributed by atoms with Crippen LogP contribution in [0, 0.1) is 0 Å². The Bertz CT molecular complexity index is 935. The average molecular weight is 432 g/mol. The molecule has 0 amide bonds. The van der Waals surface area contributed by atoms with Gasteiger partial charge in [0.05, 0.1) is 13.2 Å². The van der Waals surface area contributed by atoms with Crippen LogP contribution in [-0.2, 0) is 34.1 Å². The van der Waals surface area contributed by atoms with Gasteiger partial charge in [-0.1, -0.05) is 91.0 Å². The lowest BCUT2D eigenvalue weighted by atomic mass is 10.1. The molecule has 0 aliphatic carbocycles. The van der Waals surface area contributed by atoms with E-state index in [2.05, 4.69) is 0 Å². The van der Waals surface area contributed by atoms with E-state index in [1.54, 1.807) is 66.7 Å². The molecular weight excluding hydrogens is 413 g/mol. The highest BCUT2D eigenvalue weighted by atomic mass is 32.5. The molecule has 0 saturated carbocycles. The zero-order chi connectivity index (χ0) is 20.7. The van der Waals surface area contributed by atoms with Crippen LogP contribution >= 0.6 is 6.49 Å². The summed E-state index contributed by atoms with van der Waals surface area (Å²) in [6.45, 7) is -4.68. The normalized spacial score (nSPS) is 11.9. The summed E-state index contributed by atoms with van der Waals surface area (Å²) in [5.41, 5.74) is -2.80. The third-order valence-corrected chi connectivity index (χ3v) is 7.29. The largest absolute Gasteiger partial charge is 0.381 e. The van der Waals surface area contributed by atoms with Crippen molar-refractivity contribution >= 4 is 24.1 Å². The van der Waals surface area contributed by atoms with Gasteiger partial charge in [-0.15, -0.1) is 0 Å². The van der Waals surface area contributed by atoms with Gasteiger partial charge in [-0.3, -0.25) is 4.79 Å². The summed E-state index contributed by atoms with van der Waals surface area (Å²) in [7, 11) is 0. The summed E-state index contributed by atoms with van der Waals surface area (Å²) in [6.07, 6.45) is 0. The summed E-state index contributed by atoms with van der Waals surface area (Å²) >= 11 is 5.21. The first-order valence-corrected chi connectivity index (χ1v) is 11.5. The molecular formula is C22H19F2O3PS. The first-order valence-electron chi connectivity index (χ1n) is 8.87.